The van der Waals surface area contributed by atoms with Crippen LogP contribution in [0.15, 0.2) is 48.8 Å². The molecule has 0 aliphatic heterocycles. The maximum atomic E-state index is 14.9. The van der Waals surface area contributed by atoms with Crippen LogP contribution in [0.2, 0.25) is 0 Å². The summed E-state index contributed by atoms with van der Waals surface area (Å²) in [5.41, 5.74) is -0.282. The molecule has 0 amide bonds. The minimum absolute atomic E-state index is 0.215. The van der Waals surface area contributed by atoms with Crippen molar-refractivity contribution in [3.05, 3.63) is 71.0 Å². The van der Waals surface area contributed by atoms with Gasteiger partial charge in [-0.2, -0.15) is 8.78 Å². The van der Waals surface area contributed by atoms with E-state index in [9.17, 15) is 13.2 Å². The van der Waals surface area contributed by atoms with Gasteiger partial charge in [-0.1, -0.05) is 12.1 Å². The van der Waals surface area contributed by atoms with Crippen LogP contribution >= 0.6 is 11.3 Å². The van der Waals surface area contributed by atoms with Crippen molar-refractivity contribution in [2.24, 2.45) is 0 Å². The number of alkyl halides is 2. The molecule has 0 bridgehead atoms. The fourth-order valence-corrected chi connectivity index (χ4v) is 3.17. The molecular weight excluding hydrogens is 375 g/mol. The van der Waals surface area contributed by atoms with Gasteiger partial charge in [-0.25, -0.2) is 19.3 Å². The van der Waals surface area contributed by atoms with Crippen molar-refractivity contribution in [2.75, 3.05) is 5.32 Å². The molecule has 1 N–H and O–H groups in total. The van der Waals surface area contributed by atoms with Crippen molar-refractivity contribution in [1.29, 1.82) is 0 Å². The third-order valence-electron chi connectivity index (χ3n) is 3.78. The summed E-state index contributed by atoms with van der Waals surface area (Å²) >= 11 is 1.38. The van der Waals surface area contributed by atoms with Crippen LogP contribution in [0, 0.1) is 12.7 Å². The standard InChI is InChI=1S/C18H12F3N5S/c1-10-8-23-17(27-10)26-15-12-4-2-3-5-13(12)24-16(25-15)18(20,21)14-7-6-11(19)9-22-14/h2-9H,1H3,(H,23,24,25,26). The smallest absolute Gasteiger partial charge is 0.316 e. The second-order valence-electron chi connectivity index (χ2n) is 5.75. The number of nitrogens with one attached hydrogen (secondary N) is 1. The first kappa shape index (κ1) is 17.3. The van der Waals surface area contributed by atoms with Crippen LogP contribution in [0.3, 0.4) is 0 Å². The van der Waals surface area contributed by atoms with Gasteiger partial charge in [-0.05, 0) is 31.2 Å². The third-order valence-corrected chi connectivity index (χ3v) is 4.61. The summed E-state index contributed by atoms with van der Waals surface area (Å²) in [6.45, 7) is 1.89. The maximum Gasteiger partial charge on any atom is 0.348 e. The largest absolute Gasteiger partial charge is 0.348 e. The van der Waals surface area contributed by atoms with Crippen molar-refractivity contribution in [3.63, 3.8) is 0 Å². The topological polar surface area (TPSA) is 63.6 Å². The number of hydrogen-bond donors (Lipinski definition) is 1. The molecule has 0 radical (unpaired) electrons. The van der Waals surface area contributed by atoms with Gasteiger partial charge in [-0.15, -0.1) is 11.3 Å². The van der Waals surface area contributed by atoms with Crippen LogP contribution in [-0.4, -0.2) is 19.9 Å². The number of aryl methyl sites for hydroxylation is 1. The second kappa shape index (κ2) is 6.58. The Bertz CT molecular complexity index is 1110. The molecule has 0 unspecified atom stereocenters. The first-order chi connectivity index (χ1) is 12.9. The molecule has 0 fully saturated rings. The molecule has 0 aliphatic carbocycles. The summed E-state index contributed by atoms with van der Waals surface area (Å²) in [5.74, 6) is -4.80. The molecule has 136 valence electrons. The zero-order chi connectivity index (χ0) is 19.0. The van der Waals surface area contributed by atoms with Gasteiger partial charge in [0.05, 0.1) is 11.7 Å². The molecule has 27 heavy (non-hydrogen) atoms. The number of hydrogen-bond acceptors (Lipinski definition) is 6. The lowest BCUT2D eigenvalue weighted by Crippen LogP contribution is -2.21. The van der Waals surface area contributed by atoms with Gasteiger partial charge >= 0.3 is 5.92 Å². The maximum absolute atomic E-state index is 14.9. The number of pyridine rings is 1. The number of para-hydroxylation sites is 1. The average molecular weight is 387 g/mol. The summed E-state index contributed by atoms with van der Waals surface area (Å²) in [6.07, 6.45) is 2.41. The van der Waals surface area contributed by atoms with Gasteiger partial charge < -0.3 is 5.32 Å². The molecule has 3 heterocycles. The number of halogens is 3. The number of rotatable bonds is 4. The van der Waals surface area contributed by atoms with Gasteiger partial charge in [-0.3, -0.25) is 4.98 Å². The minimum Gasteiger partial charge on any atom is -0.316 e. The molecule has 0 spiro atoms. The van der Waals surface area contributed by atoms with Crippen LogP contribution < -0.4 is 5.32 Å². The molecule has 0 atom stereocenters. The quantitative estimate of drug-likeness (QED) is 0.544. The third kappa shape index (κ3) is 3.33. The van der Waals surface area contributed by atoms with E-state index in [0.29, 0.717) is 16.0 Å². The molecule has 5 nitrogen and oxygen atoms in total. The Hall–Kier alpha value is -3.07. The Morgan fingerprint density at radius 1 is 1.00 bits per heavy atom. The number of benzene rings is 1. The van der Waals surface area contributed by atoms with Crippen LogP contribution in [-0.2, 0) is 5.92 Å². The number of anilines is 2. The number of nitrogens with zero attached hydrogens (tertiary/aromatic N) is 4. The Morgan fingerprint density at radius 3 is 2.52 bits per heavy atom. The fraction of sp³-hybridized carbons (Fsp3) is 0.111. The van der Waals surface area contributed by atoms with Crippen LogP contribution in [0.25, 0.3) is 10.9 Å². The summed E-state index contributed by atoms with van der Waals surface area (Å²) in [7, 11) is 0. The normalized spacial score (nSPS) is 11.7. The lowest BCUT2D eigenvalue weighted by Gasteiger charge is -2.16. The zero-order valence-electron chi connectivity index (χ0n) is 13.9. The van der Waals surface area contributed by atoms with Gasteiger partial charge in [0.1, 0.15) is 17.3 Å². The fourth-order valence-electron chi connectivity index (χ4n) is 2.50. The molecule has 3 aromatic heterocycles. The lowest BCUT2D eigenvalue weighted by atomic mass is 10.1. The van der Waals surface area contributed by atoms with E-state index in [1.807, 2.05) is 6.92 Å². The van der Waals surface area contributed by atoms with Crippen LogP contribution in [0.5, 0.6) is 0 Å². The van der Waals surface area contributed by atoms with Crippen molar-refractivity contribution >= 4 is 33.2 Å². The molecule has 1 aromatic carbocycles. The minimum atomic E-state index is -3.59. The van der Waals surface area contributed by atoms with E-state index >= 15 is 0 Å². The Labute approximate surface area is 156 Å². The van der Waals surface area contributed by atoms with E-state index in [0.717, 1.165) is 23.2 Å². The van der Waals surface area contributed by atoms with E-state index in [1.54, 1.807) is 30.5 Å². The summed E-state index contributed by atoms with van der Waals surface area (Å²) in [6, 6.07) is 8.66. The average Bonchev–Trinajstić information content (AvgIpc) is 3.07. The van der Waals surface area contributed by atoms with Crippen LogP contribution in [0.1, 0.15) is 16.4 Å². The molecule has 0 aliphatic rings. The van der Waals surface area contributed by atoms with Crippen LogP contribution in [0.4, 0.5) is 24.1 Å². The summed E-state index contributed by atoms with van der Waals surface area (Å²) < 4.78 is 42.9. The van der Waals surface area contributed by atoms with E-state index in [1.165, 1.54) is 11.3 Å². The van der Waals surface area contributed by atoms with E-state index in [4.69, 9.17) is 0 Å². The highest BCUT2D eigenvalue weighted by atomic mass is 32.1. The molecular formula is C18H12F3N5S. The predicted octanol–water partition coefficient (Wildman–Crippen LogP) is 4.81. The van der Waals surface area contributed by atoms with E-state index in [-0.39, 0.29) is 5.82 Å². The monoisotopic (exact) mass is 387 g/mol. The lowest BCUT2D eigenvalue weighted by molar-refractivity contribution is 0.0285. The van der Waals surface area contributed by atoms with Gasteiger partial charge in [0, 0.05) is 16.5 Å². The van der Waals surface area contributed by atoms with E-state index < -0.39 is 23.3 Å². The van der Waals surface area contributed by atoms with Gasteiger partial charge in [0.25, 0.3) is 0 Å². The molecule has 9 heteroatoms. The number of fused-ring (bicyclic) bond motifs is 1. The van der Waals surface area contributed by atoms with E-state index in [2.05, 4.69) is 25.3 Å². The highest BCUT2D eigenvalue weighted by Crippen LogP contribution is 2.35. The predicted molar refractivity (Wildman–Crippen MR) is 96.9 cm³/mol. The molecule has 4 aromatic rings. The molecule has 4 rings (SSSR count). The van der Waals surface area contributed by atoms with Crippen molar-refractivity contribution in [2.45, 2.75) is 12.8 Å². The van der Waals surface area contributed by atoms with Crippen molar-refractivity contribution in [1.82, 2.24) is 19.9 Å². The first-order valence-electron chi connectivity index (χ1n) is 7.90. The SMILES string of the molecule is Cc1cnc(Nc2nc(C(F)(F)c3ccc(F)cn3)nc3ccccc23)s1. The summed E-state index contributed by atoms with van der Waals surface area (Å²) in [4.78, 5) is 16.7. The van der Waals surface area contributed by atoms with Crippen molar-refractivity contribution in [3.8, 4) is 0 Å². The highest BCUT2D eigenvalue weighted by molar-refractivity contribution is 7.15. The molecule has 0 saturated carbocycles. The molecule has 0 saturated heterocycles. The first-order valence-corrected chi connectivity index (χ1v) is 8.72. The van der Waals surface area contributed by atoms with Gasteiger partial charge in [0.2, 0.25) is 5.82 Å². The summed E-state index contributed by atoms with van der Waals surface area (Å²) in [5, 5.41) is 4.10. The number of thiazole rings is 1. The Kier molecular flexibility index (Phi) is 4.23. The zero-order valence-corrected chi connectivity index (χ0v) is 14.8. The Balaban J connectivity index is 1.84. The Morgan fingerprint density at radius 2 is 1.81 bits per heavy atom. The van der Waals surface area contributed by atoms with Gasteiger partial charge in [0.15, 0.2) is 5.13 Å². The second-order valence-corrected chi connectivity index (χ2v) is 6.98. The highest BCUT2D eigenvalue weighted by Gasteiger charge is 2.40. The number of aromatic nitrogens is 4. The van der Waals surface area contributed by atoms with Crippen molar-refractivity contribution < 1.29 is 13.2 Å².